The van der Waals surface area contributed by atoms with E-state index in [0.717, 1.165) is 12.1 Å². The van der Waals surface area contributed by atoms with Gasteiger partial charge in [0.25, 0.3) is 5.91 Å². The number of halogens is 5. The van der Waals surface area contributed by atoms with Crippen molar-refractivity contribution in [1.29, 1.82) is 0 Å². The number of carbonyl (C=O) groups is 1. The summed E-state index contributed by atoms with van der Waals surface area (Å²) in [4.78, 5) is 21.4. The van der Waals surface area contributed by atoms with Crippen molar-refractivity contribution in [2.45, 2.75) is 25.8 Å². The third-order valence-electron chi connectivity index (χ3n) is 4.14. The largest absolute Gasteiger partial charge is 0.573 e. The van der Waals surface area contributed by atoms with Gasteiger partial charge in [-0.15, -0.1) is 13.2 Å². The molecule has 174 valence electrons. The maximum atomic E-state index is 12.7. The second-order valence-electron chi connectivity index (χ2n) is 7.69. The molecule has 0 aliphatic carbocycles. The van der Waals surface area contributed by atoms with Crippen LogP contribution < -0.4 is 10.1 Å². The summed E-state index contributed by atoms with van der Waals surface area (Å²) < 4.78 is 41.2. The van der Waals surface area contributed by atoms with E-state index in [1.807, 2.05) is 0 Å². The smallest absolute Gasteiger partial charge is 0.406 e. The molecule has 0 bridgehead atoms. The Balaban J connectivity index is 2.04. The number of benzene rings is 2. The average molecular weight is 500 g/mol. The third kappa shape index (κ3) is 7.31. The number of carbonyl (C=O) groups excluding carboxylic acids is 1. The van der Waals surface area contributed by atoms with E-state index in [9.17, 15) is 23.1 Å². The number of aliphatic hydroxyl groups is 1. The van der Waals surface area contributed by atoms with Crippen LogP contribution >= 0.6 is 23.2 Å². The number of nitrogens with zero attached hydrogens (tertiary/aromatic N) is 2. The van der Waals surface area contributed by atoms with Gasteiger partial charge in [-0.3, -0.25) is 4.79 Å². The Kier molecular flexibility index (Phi) is 7.16. The van der Waals surface area contributed by atoms with E-state index in [1.54, 1.807) is 12.1 Å². The summed E-state index contributed by atoms with van der Waals surface area (Å²) in [6.07, 6.45) is -4.82. The summed E-state index contributed by atoms with van der Waals surface area (Å²) in [7, 11) is 0. The van der Waals surface area contributed by atoms with Crippen LogP contribution in [0.2, 0.25) is 10.0 Å². The van der Waals surface area contributed by atoms with Crippen LogP contribution in [0.25, 0.3) is 22.6 Å². The lowest BCUT2D eigenvalue weighted by atomic mass is 10.1. The van der Waals surface area contributed by atoms with Gasteiger partial charge < -0.3 is 15.2 Å². The number of ether oxygens (including phenoxy) is 1. The van der Waals surface area contributed by atoms with Crippen molar-refractivity contribution in [1.82, 2.24) is 15.3 Å². The highest BCUT2D eigenvalue weighted by atomic mass is 35.5. The quantitative estimate of drug-likeness (QED) is 0.466. The monoisotopic (exact) mass is 499 g/mol. The minimum Gasteiger partial charge on any atom is -0.406 e. The van der Waals surface area contributed by atoms with Gasteiger partial charge in [-0.1, -0.05) is 23.2 Å². The van der Waals surface area contributed by atoms with Gasteiger partial charge in [-0.25, -0.2) is 9.97 Å². The van der Waals surface area contributed by atoms with Crippen LogP contribution in [0, 0.1) is 0 Å². The molecule has 3 rings (SSSR count). The second-order valence-corrected chi connectivity index (χ2v) is 8.56. The number of rotatable bonds is 6. The molecule has 6 nitrogen and oxygen atoms in total. The summed E-state index contributed by atoms with van der Waals surface area (Å²) in [5.41, 5.74) is -0.0573. The zero-order chi connectivity index (χ0) is 24.4. The van der Waals surface area contributed by atoms with Crippen molar-refractivity contribution >= 4 is 29.1 Å². The molecule has 33 heavy (non-hydrogen) atoms. The van der Waals surface area contributed by atoms with Gasteiger partial charge in [0.1, 0.15) is 11.4 Å². The molecule has 11 heteroatoms. The lowest BCUT2D eigenvalue weighted by Crippen LogP contribution is -2.38. The summed E-state index contributed by atoms with van der Waals surface area (Å²) in [6.45, 7) is 3.03. The molecule has 3 aromatic rings. The highest BCUT2D eigenvalue weighted by Crippen LogP contribution is 2.29. The maximum Gasteiger partial charge on any atom is 0.573 e. The predicted molar refractivity (Wildman–Crippen MR) is 118 cm³/mol. The molecule has 0 unspecified atom stereocenters. The average Bonchev–Trinajstić information content (AvgIpc) is 2.70. The van der Waals surface area contributed by atoms with E-state index in [0.29, 0.717) is 21.2 Å². The van der Waals surface area contributed by atoms with Crippen molar-refractivity contribution in [2.75, 3.05) is 6.54 Å². The predicted octanol–water partition coefficient (Wildman–Crippen LogP) is 5.52. The molecule has 1 heterocycles. The van der Waals surface area contributed by atoms with Gasteiger partial charge in [0.15, 0.2) is 5.82 Å². The van der Waals surface area contributed by atoms with E-state index >= 15 is 0 Å². The molecule has 2 aromatic carbocycles. The van der Waals surface area contributed by atoms with Crippen LogP contribution in [0.1, 0.15) is 24.3 Å². The number of alkyl halides is 3. The Morgan fingerprint density at radius 2 is 1.61 bits per heavy atom. The molecule has 0 fully saturated rings. The van der Waals surface area contributed by atoms with Crippen molar-refractivity contribution in [3.63, 3.8) is 0 Å². The molecular weight excluding hydrogens is 482 g/mol. The van der Waals surface area contributed by atoms with Gasteiger partial charge in [-0.2, -0.15) is 0 Å². The standard InChI is InChI=1S/C22H18Cl2F3N3O3/c1-21(2,32)11-28-20(31)18-10-17(12-3-5-16(6-4-12)33-22(25,26)27)29-19(30-18)13-7-14(23)9-15(24)8-13/h3-10,32H,11H2,1-2H3,(H,28,31). The molecule has 0 aliphatic rings. The van der Waals surface area contributed by atoms with Gasteiger partial charge in [0, 0.05) is 27.7 Å². The molecule has 0 radical (unpaired) electrons. The fraction of sp³-hybridized carbons (Fsp3) is 0.227. The molecule has 0 aliphatic heterocycles. The molecule has 0 saturated carbocycles. The Morgan fingerprint density at radius 3 is 2.15 bits per heavy atom. The summed E-state index contributed by atoms with van der Waals surface area (Å²) in [5.74, 6) is -0.849. The van der Waals surface area contributed by atoms with Crippen LogP contribution in [0.15, 0.2) is 48.5 Å². The minimum absolute atomic E-state index is 0.0223. The fourth-order valence-corrected chi connectivity index (χ4v) is 3.26. The molecular formula is C22H18Cl2F3N3O3. The lowest BCUT2D eigenvalue weighted by molar-refractivity contribution is -0.274. The first kappa shape index (κ1) is 24.8. The van der Waals surface area contributed by atoms with Crippen LogP contribution in [-0.4, -0.2) is 39.5 Å². The van der Waals surface area contributed by atoms with Crippen molar-refractivity contribution < 1.29 is 27.8 Å². The van der Waals surface area contributed by atoms with Gasteiger partial charge in [0.05, 0.1) is 11.3 Å². The Bertz CT molecular complexity index is 1140. The van der Waals surface area contributed by atoms with Crippen LogP contribution in [0.3, 0.4) is 0 Å². The second kappa shape index (κ2) is 9.54. The fourth-order valence-electron chi connectivity index (χ4n) is 2.74. The molecule has 1 aromatic heterocycles. The molecule has 0 atom stereocenters. The van der Waals surface area contributed by atoms with Crippen LogP contribution in [-0.2, 0) is 0 Å². The molecule has 0 saturated heterocycles. The first-order chi connectivity index (χ1) is 15.3. The maximum absolute atomic E-state index is 12.7. The number of amides is 1. The number of aromatic nitrogens is 2. The summed E-state index contributed by atoms with van der Waals surface area (Å²) in [5, 5.41) is 13.1. The van der Waals surface area contributed by atoms with Crippen molar-refractivity contribution in [3.8, 4) is 28.4 Å². The topological polar surface area (TPSA) is 84.3 Å². The van der Waals surface area contributed by atoms with Gasteiger partial charge >= 0.3 is 6.36 Å². The molecule has 2 N–H and O–H groups in total. The lowest BCUT2D eigenvalue weighted by Gasteiger charge is -2.17. The molecule has 1 amide bonds. The SMILES string of the molecule is CC(C)(O)CNC(=O)c1cc(-c2ccc(OC(F)(F)F)cc2)nc(-c2cc(Cl)cc(Cl)c2)n1. The zero-order valence-electron chi connectivity index (χ0n) is 17.4. The first-order valence-electron chi connectivity index (χ1n) is 9.51. The number of hydrogen-bond acceptors (Lipinski definition) is 5. The number of nitrogens with one attached hydrogen (secondary N) is 1. The van der Waals surface area contributed by atoms with E-state index in [2.05, 4.69) is 20.0 Å². The van der Waals surface area contributed by atoms with E-state index < -0.39 is 23.6 Å². The summed E-state index contributed by atoms with van der Waals surface area (Å²) >= 11 is 12.2. The first-order valence-corrected chi connectivity index (χ1v) is 10.3. The normalized spacial score (nSPS) is 11.9. The van der Waals surface area contributed by atoms with Gasteiger partial charge in [-0.05, 0) is 62.4 Å². The third-order valence-corrected chi connectivity index (χ3v) is 4.58. The van der Waals surface area contributed by atoms with Crippen molar-refractivity contribution in [3.05, 3.63) is 64.3 Å². The van der Waals surface area contributed by atoms with Crippen LogP contribution in [0.5, 0.6) is 5.75 Å². The van der Waals surface area contributed by atoms with E-state index in [4.69, 9.17) is 23.2 Å². The molecule has 0 spiro atoms. The number of hydrogen-bond donors (Lipinski definition) is 2. The Hall–Kier alpha value is -2.88. The van der Waals surface area contributed by atoms with Crippen molar-refractivity contribution in [2.24, 2.45) is 0 Å². The Morgan fingerprint density at radius 1 is 1.00 bits per heavy atom. The Labute approximate surface area is 197 Å². The minimum atomic E-state index is -4.82. The highest BCUT2D eigenvalue weighted by molar-refractivity contribution is 6.35. The van der Waals surface area contributed by atoms with Crippen LogP contribution in [0.4, 0.5) is 13.2 Å². The zero-order valence-corrected chi connectivity index (χ0v) is 18.9. The highest BCUT2D eigenvalue weighted by Gasteiger charge is 2.31. The van der Waals surface area contributed by atoms with E-state index in [1.165, 1.54) is 38.1 Å². The van der Waals surface area contributed by atoms with Gasteiger partial charge in [0.2, 0.25) is 0 Å². The summed E-state index contributed by atoms with van der Waals surface area (Å²) in [6, 6.07) is 11.0. The van der Waals surface area contributed by atoms with E-state index in [-0.39, 0.29) is 23.8 Å².